The summed E-state index contributed by atoms with van der Waals surface area (Å²) in [6.45, 7) is 0.914. The maximum absolute atomic E-state index is 12.2. The second kappa shape index (κ2) is 7.77. The van der Waals surface area contributed by atoms with Crippen LogP contribution in [0.2, 0.25) is 0 Å². The van der Waals surface area contributed by atoms with Crippen molar-refractivity contribution in [3.05, 3.63) is 65.7 Å². The van der Waals surface area contributed by atoms with E-state index < -0.39 is 12.3 Å². The van der Waals surface area contributed by atoms with Crippen LogP contribution in [0.25, 0.3) is 0 Å². The van der Waals surface area contributed by atoms with Crippen LogP contribution in [0.4, 0.5) is 0 Å². The number of benzene rings is 2. The van der Waals surface area contributed by atoms with E-state index in [-0.39, 0.29) is 24.5 Å². The summed E-state index contributed by atoms with van der Waals surface area (Å²) in [4.78, 5) is 24.2. The molecule has 2 amide bonds. The van der Waals surface area contributed by atoms with Crippen LogP contribution in [0.5, 0.6) is 5.75 Å². The number of ether oxygens (including phenoxy) is 3. The molecular weight excluding hydrogens is 348 g/mol. The van der Waals surface area contributed by atoms with Gasteiger partial charge in [-0.15, -0.1) is 0 Å². The fourth-order valence-electron chi connectivity index (χ4n) is 3.22. The third kappa shape index (κ3) is 3.79. The largest absolute Gasteiger partial charge is 0.484 e. The second-order valence-electron chi connectivity index (χ2n) is 6.34. The molecule has 0 spiro atoms. The van der Waals surface area contributed by atoms with Crippen molar-refractivity contribution < 1.29 is 23.8 Å². The predicted molar refractivity (Wildman–Crippen MR) is 95.8 cm³/mol. The van der Waals surface area contributed by atoms with Gasteiger partial charge in [0, 0.05) is 5.56 Å². The number of hydrogen-bond donors (Lipinski definition) is 2. The summed E-state index contributed by atoms with van der Waals surface area (Å²) in [6, 6.07) is 15.7. The van der Waals surface area contributed by atoms with Gasteiger partial charge in [-0.05, 0) is 17.7 Å². The highest BCUT2D eigenvalue weighted by Crippen LogP contribution is 2.34. The molecule has 2 saturated heterocycles. The minimum Gasteiger partial charge on any atom is -0.484 e. The lowest BCUT2D eigenvalue weighted by Gasteiger charge is -2.38. The van der Waals surface area contributed by atoms with Crippen molar-refractivity contribution in [2.75, 3.05) is 19.8 Å². The molecule has 2 aromatic rings. The van der Waals surface area contributed by atoms with Crippen LogP contribution in [0.15, 0.2) is 54.6 Å². The van der Waals surface area contributed by atoms with E-state index in [0.717, 1.165) is 11.1 Å². The zero-order valence-electron chi connectivity index (χ0n) is 14.6. The molecule has 0 aromatic heterocycles. The first-order valence-corrected chi connectivity index (χ1v) is 8.82. The molecule has 2 aliphatic rings. The van der Waals surface area contributed by atoms with Gasteiger partial charge in [-0.1, -0.05) is 42.5 Å². The summed E-state index contributed by atoms with van der Waals surface area (Å²) in [7, 11) is 0. The number of carbonyl (C=O) groups excluding carboxylic acids is 2. The van der Waals surface area contributed by atoms with E-state index in [1.807, 2.05) is 42.5 Å². The van der Waals surface area contributed by atoms with E-state index in [0.29, 0.717) is 19.0 Å². The second-order valence-corrected chi connectivity index (χ2v) is 6.34. The van der Waals surface area contributed by atoms with Gasteiger partial charge in [0.25, 0.3) is 5.91 Å². The Balaban J connectivity index is 1.41. The monoisotopic (exact) mass is 368 g/mol. The SMILES string of the molecule is O=C(COc1ccccc1)N[C@H]1C(=O)N[C@H]1c1ccccc1C1OCCO1. The van der Waals surface area contributed by atoms with Crippen LogP contribution in [-0.2, 0) is 19.1 Å². The van der Waals surface area contributed by atoms with Gasteiger partial charge in [0.05, 0.1) is 19.3 Å². The fraction of sp³-hybridized carbons (Fsp3) is 0.300. The van der Waals surface area contributed by atoms with Crippen LogP contribution < -0.4 is 15.4 Å². The Bertz CT molecular complexity index is 820. The van der Waals surface area contributed by atoms with Crippen molar-refractivity contribution in [3.8, 4) is 5.75 Å². The van der Waals surface area contributed by atoms with Gasteiger partial charge in [0.2, 0.25) is 5.91 Å². The fourth-order valence-corrected chi connectivity index (χ4v) is 3.22. The molecule has 2 aliphatic heterocycles. The Labute approximate surface area is 156 Å². The lowest BCUT2D eigenvalue weighted by atomic mass is 9.88. The third-order valence-electron chi connectivity index (χ3n) is 4.55. The molecule has 2 N–H and O–H groups in total. The Morgan fingerprint density at radius 3 is 2.41 bits per heavy atom. The molecule has 27 heavy (non-hydrogen) atoms. The van der Waals surface area contributed by atoms with Crippen molar-refractivity contribution in [3.63, 3.8) is 0 Å². The average Bonchev–Trinajstić information content (AvgIpc) is 3.24. The quantitative estimate of drug-likeness (QED) is 0.754. The Kier molecular flexibility index (Phi) is 5.04. The summed E-state index contributed by atoms with van der Waals surface area (Å²) >= 11 is 0. The van der Waals surface area contributed by atoms with Gasteiger partial charge in [0.1, 0.15) is 11.8 Å². The molecule has 2 atom stereocenters. The summed E-state index contributed by atoms with van der Waals surface area (Å²) in [6.07, 6.45) is -0.448. The molecule has 0 saturated carbocycles. The molecule has 140 valence electrons. The number of amides is 2. The van der Waals surface area contributed by atoms with Crippen LogP contribution in [0.3, 0.4) is 0 Å². The maximum Gasteiger partial charge on any atom is 0.258 e. The lowest BCUT2D eigenvalue weighted by Crippen LogP contribution is -2.64. The molecule has 0 unspecified atom stereocenters. The summed E-state index contributed by atoms with van der Waals surface area (Å²) < 4.78 is 16.6. The van der Waals surface area contributed by atoms with Crippen LogP contribution in [0, 0.1) is 0 Å². The Hall–Kier alpha value is -2.90. The number of carbonyl (C=O) groups is 2. The highest BCUT2D eigenvalue weighted by molar-refractivity contribution is 5.94. The van der Waals surface area contributed by atoms with Crippen molar-refractivity contribution >= 4 is 11.8 Å². The van der Waals surface area contributed by atoms with Crippen molar-refractivity contribution in [1.29, 1.82) is 0 Å². The number of β-lactam (4-membered cyclic amide) rings is 1. The van der Waals surface area contributed by atoms with E-state index >= 15 is 0 Å². The molecule has 7 heteroatoms. The van der Waals surface area contributed by atoms with Crippen LogP contribution in [0.1, 0.15) is 23.5 Å². The van der Waals surface area contributed by atoms with Gasteiger partial charge in [-0.25, -0.2) is 0 Å². The normalized spacial score (nSPS) is 22.0. The minimum atomic E-state index is -0.653. The van der Waals surface area contributed by atoms with E-state index in [4.69, 9.17) is 14.2 Å². The zero-order chi connectivity index (χ0) is 18.6. The molecule has 0 bridgehead atoms. The molecule has 7 nitrogen and oxygen atoms in total. The molecule has 2 fully saturated rings. The van der Waals surface area contributed by atoms with E-state index in [1.165, 1.54) is 0 Å². The van der Waals surface area contributed by atoms with Crippen LogP contribution >= 0.6 is 0 Å². The van der Waals surface area contributed by atoms with E-state index in [9.17, 15) is 9.59 Å². The predicted octanol–water partition coefficient (Wildman–Crippen LogP) is 1.47. The molecule has 0 aliphatic carbocycles. The smallest absolute Gasteiger partial charge is 0.258 e. The van der Waals surface area contributed by atoms with E-state index in [1.54, 1.807) is 12.1 Å². The van der Waals surface area contributed by atoms with Crippen molar-refractivity contribution in [1.82, 2.24) is 10.6 Å². The first-order valence-electron chi connectivity index (χ1n) is 8.82. The Morgan fingerprint density at radius 2 is 1.70 bits per heavy atom. The van der Waals surface area contributed by atoms with E-state index in [2.05, 4.69) is 10.6 Å². The molecular formula is C20H20N2O5. The van der Waals surface area contributed by atoms with Gasteiger partial charge >= 0.3 is 0 Å². The summed E-state index contributed by atoms with van der Waals surface area (Å²) in [5.74, 6) is 0.0220. The van der Waals surface area contributed by atoms with Gasteiger partial charge in [0.15, 0.2) is 12.9 Å². The lowest BCUT2D eigenvalue weighted by molar-refractivity contribution is -0.137. The zero-order valence-corrected chi connectivity index (χ0v) is 14.6. The summed E-state index contributed by atoms with van der Waals surface area (Å²) in [5, 5.41) is 5.59. The minimum absolute atomic E-state index is 0.156. The van der Waals surface area contributed by atoms with Crippen molar-refractivity contribution in [2.45, 2.75) is 18.4 Å². The Morgan fingerprint density at radius 1 is 1.04 bits per heavy atom. The van der Waals surface area contributed by atoms with Gasteiger partial charge < -0.3 is 24.8 Å². The first-order chi connectivity index (χ1) is 13.2. The molecule has 4 rings (SSSR count). The maximum atomic E-state index is 12.2. The number of para-hydroxylation sites is 1. The molecule has 0 radical (unpaired) electrons. The summed E-state index contributed by atoms with van der Waals surface area (Å²) in [5.41, 5.74) is 1.73. The number of nitrogens with one attached hydrogen (secondary N) is 2. The highest BCUT2D eigenvalue weighted by Gasteiger charge is 2.43. The highest BCUT2D eigenvalue weighted by atomic mass is 16.7. The topological polar surface area (TPSA) is 85.9 Å². The number of rotatable bonds is 6. The average molecular weight is 368 g/mol. The molecule has 2 aromatic carbocycles. The van der Waals surface area contributed by atoms with Gasteiger partial charge in [-0.2, -0.15) is 0 Å². The molecule has 2 heterocycles. The first kappa shape index (κ1) is 17.5. The van der Waals surface area contributed by atoms with Crippen LogP contribution in [-0.4, -0.2) is 37.7 Å². The third-order valence-corrected chi connectivity index (χ3v) is 4.55. The van der Waals surface area contributed by atoms with Gasteiger partial charge in [-0.3, -0.25) is 9.59 Å². The standard InChI is InChI=1S/C20H20N2O5/c23-16(12-27-13-6-2-1-3-7-13)21-18-17(22-19(18)24)14-8-4-5-9-15(14)20-25-10-11-26-20/h1-9,17-18,20H,10-12H2,(H,21,23)(H,22,24)/t17-,18+/m0/s1. The number of hydrogen-bond acceptors (Lipinski definition) is 5. The van der Waals surface area contributed by atoms with Crippen molar-refractivity contribution in [2.24, 2.45) is 0 Å².